The van der Waals surface area contributed by atoms with E-state index in [-0.39, 0.29) is 0 Å². The number of aromatic amines is 1. The highest BCUT2D eigenvalue weighted by Crippen LogP contribution is 2.18. The highest BCUT2D eigenvalue weighted by molar-refractivity contribution is 7.71. The van der Waals surface area contributed by atoms with Gasteiger partial charge in [0, 0.05) is 26.2 Å². The molecule has 3 aromatic rings. The Kier molecular flexibility index (Phi) is 2.98. The van der Waals surface area contributed by atoms with Crippen molar-refractivity contribution in [1.29, 1.82) is 0 Å². The van der Waals surface area contributed by atoms with Gasteiger partial charge < -0.3 is 9.55 Å². The Morgan fingerprint density at radius 1 is 1.32 bits per heavy atom. The van der Waals surface area contributed by atoms with Gasteiger partial charge in [0.1, 0.15) is 0 Å². The number of aryl methyl sites for hydroxylation is 4. The summed E-state index contributed by atoms with van der Waals surface area (Å²) in [6.45, 7) is 2.94. The number of aromatic nitrogens is 4. The third kappa shape index (κ3) is 2.21. The number of nitrogens with one attached hydrogen (secondary N) is 1. The predicted molar refractivity (Wildman–Crippen MR) is 78.8 cm³/mol. The Labute approximate surface area is 116 Å². The molecule has 0 aliphatic carbocycles. The number of para-hydroxylation sites is 1. The molecule has 0 amide bonds. The molecule has 1 N–H and O–H groups in total. The van der Waals surface area contributed by atoms with Gasteiger partial charge in [-0.3, -0.25) is 4.68 Å². The van der Waals surface area contributed by atoms with Crippen molar-refractivity contribution in [2.75, 3.05) is 0 Å². The van der Waals surface area contributed by atoms with E-state index in [1.165, 1.54) is 11.1 Å². The lowest BCUT2D eigenvalue weighted by Gasteiger charge is -2.03. The van der Waals surface area contributed by atoms with Gasteiger partial charge in [0.05, 0.1) is 16.7 Å². The van der Waals surface area contributed by atoms with Crippen LogP contribution < -0.4 is 0 Å². The quantitative estimate of drug-likeness (QED) is 0.744. The zero-order valence-corrected chi connectivity index (χ0v) is 11.9. The predicted octanol–water partition coefficient (Wildman–Crippen LogP) is 2.98. The van der Waals surface area contributed by atoms with Gasteiger partial charge in [-0.15, -0.1) is 0 Å². The first kappa shape index (κ1) is 12.2. The molecule has 0 saturated heterocycles. The van der Waals surface area contributed by atoms with Crippen LogP contribution in [0.3, 0.4) is 0 Å². The SMILES string of the molecule is Cc1cccc2c1[nH]c(=S)n2CCc1ccn(C)n1. The summed E-state index contributed by atoms with van der Waals surface area (Å²) in [4.78, 5) is 3.29. The summed E-state index contributed by atoms with van der Waals surface area (Å²) in [6.07, 6.45) is 2.85. The maximum Gasteiger partial charge on any atom is 0.178 e. The maximum absolute atomic E-state index is 5.41. The van der Waals surface area contributed by atoms with Crippen molar-refractivity contribution in [1.82, 2.24) is 19.3 Å². The van der Waals surface area contributed by atoms with Crippen LogP contribution in [0.4, 0.5) is 0 Å². The molecule has 0 bridgehead atoms. The van der Waals surface area contributed by atoms with E-state index >= 15 is 0 Å². The number of imidazole rings is 1. The van der Waals surface area contributed by atoms with Gasteiger partial charge in [0.25, 0.3) is 0 Å². The molecule has 4 nitrogen and oxygen atoms in total. The zero-order valence-electron chi connectivity index (χ0n) is 11.1. The van der Waals surface area contributed by atoms with Gasteiger partial charge in [0.15, 0.2) is 4.77 Å². The molecule has 1 aromatic carbocycles. The van der Waals surface area contributed by atoms with Crippen molar-refractivity contribution in [3.8, 4) is 0 Å². The minimum Gasteiger partial charge on any atom is -0.330 e. The van der Waals surface area contributed by atoms with Crippen molar-refractivity contribution in [3.05, 3.63) is 46.5 Å². The normalized spacial score (nSPS) is 11.3. The minimum absolute atomic E-state index is 0.778. The summed E-state index contributed by atoms with van der Waals surface area (Å²) < 4.78 is 4.75. The molecule has 0 atom stereocenters. The fourth-order valence-corrected chi connectivity index (χ4v) is 2.66. The summed E-state index contributed by atoms with van der Waals surface area (Å²) in [5.41, 5.74) is 4.61. The number of H-pyrrole nitrogens is 1. The highest BCUT2D eigenvalue weighted by atomic mass is 32.1. The largest absolute Gasteiger partial charge is 0.330 e. The van der Waals surface area contributed by atoms with Crippen molar-refractivity contribution >= 4 is 23.3 Å². The molecule has 5 heteroatoms. The lowest BCUT2D eigenvalue weighted by molar-refractivity contribution is 0.671. The highest BCUT2D eigenvalue weighted by Gasteiger charge is 2.06. The number of nitrogens with zero attached hydrogens (tertiary/aromatic N) is 3. The molecule has 0 radical (unpaired) electrons. The fourth-order valence-electron chi connectivity index (χ4n) is 2.37. The summed E-state index contributed by atoms with van der Waals surface area (Å²) in [7, 11) is 1.93. The van der Waals surface area contributed by atoms with E-state index in [1.807, 2.05) is 24.0 Å². The molecule has 98 valence electrons. The number of hydrogen-bond donors (Lipinski definition) is 1. The van der Waals surface area contributed by atoms with E-state index in [0.717, 1.165) is 28.9 Å². The Morgan fingerprint density at radius 2 is 2.16 bits per heavy atom. The van der Waals surface area contributed by atoms with Crippen LogP contribution in [0.15, 0.2) is 30.5 Å². The van der Waals surface area contributed by atoms with Gasteiger partial charge in [-0.05, 0) is 36.8 Å². The second-order valence-corrected chi connectivity index (χ2v) is 5.17. The Morgan fingerprint density at radius 3 is 2.89 bits per heavy atom. The van der Waals surface area contributed by atoms with Crippen LogP contribution in [0, 0.1) is 11.7 Å². The van der Waals surface area contributed by atoms with Crippen molar-refractivity contribution in [3.63, 3.8) is 0 Å². The zero-order chi connectivity index (χ0) is 13.4. The van der Waals surface area contributed by atoms with E-state index in [9.17, 15) is 0 Å². The standard InChI is InChI=1S/C14H16N4S/c1-10-4-3-5-12-13(10)15-14(19)18(12)9-7-11-6-8-17(2)16-11/h3-6,8H,7,9H2,1-2H3,(H,15,19). The number of rotatable bonds is 3. The van der Waals surface area contributed by atoms with E-state index in [0.29, 0.717) is 0 Å². The molecule has 0 unspecified atom stereocenters. The van der Waals surface area contributed by atoms with E-state index in [1.54, 1.807) is 0 Å². The number of benzene rings is 1. The van der Waals surface area contributed by atoms with Crippen LogP contribution in [-0.4, -0.2) is 19.3 Å². The molecule has 0 aliphatic rings. The Hall–Kier alpha value is -1.88. The van der Waals surface area contributed by atoms with Crippen LogP contribution in [0.2, 0.25) is 0 Å². The third-order valence-electron chi connectivity index (χ3n) is 3.38. The summed E-state index contributed by atoms with van der Waals surface area (Å²) in [5, 5.41) is 4.40. The molecule has 2 heterocycles. The third-order valence-corrected chi connectivity index (χ3v) is 3.70. The van der Waals surface area contributed by atoms with Gasteiger partial charge in [-0.2, -0.15) is 5.10 Å². The summed E-state index contributed by atoms with van der Waals surface area (Å²) >= 11 is 5.41. The first-order chi connectivity index (χ1) is 9.15. The Balaban J connectivity index is 1.95. The molecular formula is C14H16N4S. The maximum atomic E-state index is 5.41. The molecule has 0 fully saturated rings. The average Bonchev–Trinajstić information content (AvgIpc) is 2.92. The van der Waals surface area contributed by atoms with Crippen molar-refractivity contribution < 1.29 is 0 Å². The molecule has 0 aliphatic heterocycles. The molecule has 19 heavy (non-hydrogen) atoms. The van der Waals surface area contributed by atoms with Crippen LogP contribution in [0.25, 0.3) is 11.0 Å². The molecule has 0 saturated carbocycles. The molecule has 2 aromatic heterocycles. The monoisotopic (exact) mass is 272 g/mol. The lowest BCUT2D eigenvalue weighted by atomic mass is 10.2. The minimum atomic E-state index is 0.778. The second-order valence-electron chi connectivity index (χ2n) is 4.78. The van der Waals surface area contributed by atoms with Crippen molar-refractivity contribution in [2.24, 2.45) is 7.05 Å². The molecule has 0 spiro atoms. The summed E-state index contributed by atoms with van der Waals surface area (Å²) in [5.74, 6) is 0. The number of hydrogen-bond acceptors (Lipinski definition) is 2. The first-order valence-corrected chi connectivity index (χ1v) is 6.72. The lowest BCUT2D eigenvalue weighted by Crippen LogP contribution is -2.02. The van der Waals surface area contributed by atoms with E-state index in [2.05, 4.69) is 39.8 Å². The van der Waals surface area contributed by atoms with Crippen LogP contribution in [0.5, 0.6) is 0 Å². The topological polar surface area (TPSA) is 38.5 Å². The average molecular weight is 272 g/mol. The van der Waals surface area contributed by atoms with Crippen LogP contribution in [-0.2, 0) is 20.0 Å². The fraction of sp³-hybridized carbons (Fsp3) is 0.286. The van der Waals surface area contributed by atoms with Gasteiger partial charge in [-0.1, -0.05) is 12.1 Å². The van der Waals surface area contributed by atoms with Gasteiger partial charge in [0.2, 0.25) is 0 Å². The smallest absolute Gasteiger partial charge is 0.178 e. The van der Waals surface area contributed by atoms with E-state index in [4.69, 9.17) is 12.2 Å². The molecule has 3 rings (SSSR count). The Bertz CT molecular complexity index is 778. The first-order valence-electron chi connectivity index (χ1n) is 6.32. The van der Waals surface area contributed by atoms with Crippen LogP contribution in [0.1, 0.15) is 11.3 Å². The molecular weight excluding hydrogens is 256 g/mol. The summed E-state index contributed by atoms with van der Waals surface area (Å²) in [6, 6.07) is 8.31. The second kappa shape index (κ2) is 4.66. The number of fused-ring (bicyclic) bond motifs is 1. The van der Waals surface area contributed by atoms with Gasteiger partial charge in [-0.25, -0.2) is 0 Å². The van der Waals surface area contributed by atoms with Gasteiger partial charge >= 0.3 is 0 Å². The van der Waals surface area contributed by atoms with Crippen LogP contribution >= 0.6 is 12.2 Å². The van der Waals surface area contributed by atoms with E-state index < -0.39 is 0 Å². The van der Waals surface area contributed by atoms with Crippen molar-refractivity contribution in [2.45, 2.75) is 19.9 Å².